The van der Waals surface area contributed by atoms with Crippen LogP contribution in [-0.2, 0) is 17.8 Å². The van der Waals surface area contributed by atoms with Crippen molar-refractivity contribution in [1.82, 2.24) is 25.5 Å². The van der Waals surface area contributed by atoms with Gasteiger partial charge in [-0.05, 0) is 46.3 Å². The van der Waals surface area contributed by atoms with Crippen LogP contribution in [0, 0.1) is 0 Å². The molecule has 3 rings (SSSR count). The van der Waals surface area contributed by atoms with Gasteiger partial charge in [-0.3, -0.25) is 4.79 Å². The number of aryl methyl sites for hydroxylation is 1. The van der Waals surface area contributed by atoms with Crippen molar-refractivity contribution in [2.75, 3.05) is 5.75 Å². The highest BCUT2D eigenvalue weighted by Gasteiger charge is 2.13. The van der Waals surface area contributed by atoms with E-state index in [1.807, 2.05) is 24.4 Å². The van der Waals surface area contributed by atoms with E-state index < -0.39 is 0 Å². The van der Waals surface area contributed by atoms with Crippen molar-refractivity contribution in [3.63, 3.8) is 0 Å². The molecule has 0 spiro atoms. The van der Waals surface area contributed by atoms with Gasteiger partial charge in [-0.25, -0.2) is 4.68 Å². The zero-order chi connectivity index (χ0) is 18.4. The summed E-state index contributed by atoms with van der Waals surface area (Å²) in [5.74, 6) is 0.245. The van der Waals surface area contributed by atoms with Crippen molar-refractivity contribution in [2.45, 2.75) is 38.0 Å². The quantitative estimate of drug-likeness (QED) is 0.600. The van der Waals surface area contributed by atoms with Gasteiger partial charge in [0.2, 0.25) is 11.1 Å². The van der Waals surface area contributed by atoms with Crippen LogP contribution < -0.4 is 5.32 Å². The fourth-order valence-electron chi connectivity index (χ4n) is 2.49. The Morgan fingerprint density at radius 3 is 2.81 bits per heavy atom. The largest absolute Gasteiger partial charge is 0.349 e. The Morgan fingerprint density at radius 1 is 1.31 bits per heavy atom. The number of tetrazole rings is 1. The molecule has 136 valence electrons. The van der Waals surface area contributed by atoms with Gasteiger partial charge in [-0.2, -0.15) is 0 Å². The Hall–Kier alpha value is -2.19. The Morgan fingerprint density at radius 2 is 2.12 bits per heavy atom. The third kappa shape index (κ3) is 4.92. The Balaban J connectivity index is 1.51. The van der Waals surface area contributed by atoms with Gasteiger partial charge in [-0.15, -0.1) is 16.4 Å². The molecule has 1 amide bonds. The molecule has 1 atom stereocenters. The van der Waals surface area contributed by atoms with Gasteiger partial charge in [0, 0.05) is 4.88 Å². The number of nitrogens with one attached hydrogen (secondary N) is 1. The lowest BCUT2D eigenvalue weighted by Gasteiger charge is -2.14. The van der Waals surface area contributed by atoms with Crippen LogP contribution in [0.15, 0.2) is 46.9 Å². The van der Waals surface area contributed by atoms with E-state index in [0.717, 1.165) is 12.0 Å². The lowest BCUT2D eigenvalue weighted by atomic mass is 10.1. The molecule has 0 bridgehead atoms. The molecule has 0 aliphatic rings. The summed E-state index contributed by atoms with van der Waals surface area (Å²) in [7, 11) is 0. The maximum atomic E-state index is 12.3. The minimum absolute atomic E-state index is 0.0314. The monoisotopic (exact) mass is 387 g/mol. The van der Waals surface area contributed by atoms with Gasteiger partial charge in [0.25, 0.3) is 0 Å². The average molecular weight is 388 g/mol. The summed E-state index contributed by atoms with van der Waals surface area (Å²) in [6, 6.07) is 12.3. The standard InChI is InChI=1S/C18H21N5OS2/c1-3-14-6-8-15(9-7-14)13(2)19-17(24)12-26-18-20-21-22-23(18)11-16-5-4-10-25-16/h4-10,13H,3,11-12H2,1-2H3,(H,19,24). The summed E-state index contributed by atoms with van der Waals surface area (Å²) in [6.45, 7) is 4.74. The lowest BCUT2D eigenvalue weighted by molar-refractivity contribution is -0.119. The fraction of sp³-hybridized carbons (Fsp3) is 0.333. The summed E-state index contributed by atoms with van der Waals surface area (Å²) in [5.41, 5.74) is 2.39. The normalized spacial score (nSPS) is 12.1. The number of thioether (sulfide) groups is 1. The maximum absolute atomic E-state index is 12.3. The molecule has 0 saturated heterocycles. The topological polar surface area (TPSA) is 72.7 Å². The molecule has 1 aromatic carbocycles. The summed E-state index contributed by atoms with van der Waals surface area (Å²) in [5, 5.41) is 17.4. The molecule has 3 aromatic rings. The molecule has 0 fully saturated rings. The minimum atomic E-state index is -0.0345. The van der Waals surface area contributed by atoms with Crippen LogP contribution in [-0.4, -0.2) is 31.9 Å². The number of aromatic nitrogens is 4. The molecule has 26 heavy (non-hydrogen) atoms. The van der Waals surface area contributed by atoms with E-state index in [1.54, 1.807) is 16.0 Å². The van der Waals surface area contributed by atoms with Crippen molar-refractivity contribution in [3.05, 3.63) is 57.8 Å². The van der Waals surface area contributed by atoms with Crippen LogP contribution in [0.4, 0.5) is 0 Å². The van der Waals surface area contributed by atoms with Crippen LogP contribution in [0.25, 0.3) is 0 Å². The number of carbonyl (C=O) groups excluding carboxylic acids is 1. The minimum Gasteiger partial charge on any atom is -0.349 e. The van der Waals surface area contributed by atoms with E-state index in [-0.39, 0.29) is 17.7 Å². The van der Waals surface area contributed by atoms with Crippen LogP contribution in [0.3, 0.4) is 0 Å². The Kier molecular flexibility index (Phi) is 6.40. The number of carbonyl (C=O) groups is 1. The van der Waals surface area contributed by atoms with Crippen LogP contribution >= 0.6 is 23.1 Å². The molecule has 1 N–H and O–H groups in total. The second kappa shape index (κ2) is 8.95. The zero-order valence-electron chi connectivity index (χ0n) is 14.8. The molecular formula is C18H21N5OS2. The maximum Gasteiger partial charge on any atom is 0.230 e. The van der Waals surface area contributed by atoms with Crippen molar-refractivity contribution < 1.29 is 4.79 Å². The molecule has 0 aliphatic heterocycles. The van der Waals surface area contributed by atoms with Crippen molar-refractivity contribution in [3.8, 4) is 0 Å². The first-order valence-corrected chi connectivity index (χ1v) is 10.3. The molecule has 2 aromatic heterocycles. The summed E-state index contributed by atoms with van der Waals surface area (Å²) < 4.78 is 1.72. The number of thiophene rings is 1. The van der Waals surface area contributed by atoms with E-state index in [2.05, 4.69) is 52.0 Å². The molecule has 0 saturated carbocycles. The van der Waals surface area contributed by atoms with Crippen molar-refractivity contribution >= 4 is 29.0 Å². The van der Waals surface area contributed by atoms with Crippen LogP contribution in [0.2, 0.25) is 0 Å². The van der Waals surface area contributed by atoms with E-state index in [0.29, 0.717) is 11.7 Å². The number of hydrogen-bond donors (Lipinski definition) is 1. The smallest absolute Gasteiger partial charge is 0.230 e. The SMILES string of the molecule is CCc1ccc(C(C)NC(=O)CSc2nnnn2Cc2cccs2)cc1. The van der Waals surface area contributed by atoms with E-state index in [9.17, 15) is 4.79 Å². The zero-order valence-corrected chi connectivity index (χ0v) is 16.4. The van der Waals surface area contributed by atoms with E-state index in [4.69, 9.17) is 0 Å². The second-order valence-electron chi connectivity index (χ2n) is 5.87. The van der Waals surface area contributed by atoms with Gasteiger partial charge in [0.15, 0.2) is 0 Å². The molecule has 1 unspecified atom stereocenters. The highest BCUT2D eigenvalue weighted by Crippen LogP contribution is 2.18. The predicted molar refractivity (Wildman–Crippen MR) is 104 cm³/mol. The molecule has 0 radical (unpaired) electrons. The highest BCUT2D eigenvalue weighted by molar-refractivity contribution is 7.99. The van der Waals surface area contributed by atoms with Gasteiger partial charge in [0.1, 0.15) is 0 Å². The molecule has 2 heterocycles. The summed E-state index contributed by atoms with van der Waals surface area (Å²) in [6.07, 6.45) is 1.01. The van der Waals surface area contributed by atoms with Gasteiger partial charge in [0.05, 0.1) is 18.3 Å². The molecular weight excluding hydrogens is 366 g/mol. The van der Waals surface area contributed by atoms with Gasteiger partial charge < -0.3 is 5.32 Å². The first-order valence-electron chi connectivity index (χ1n) is 8.45. The van der Waals surface area contributed by atoms with Gasteiger partial charge >= 0.3 is 0 Å². The van der Waals surface area contributed by atoms with Crippen LogP contribution in [0.5, 0.6) is 0 Å². The summed E-state index contributed by atoms with van der Waals surface area (Å²) in [4.78, 5) is 13.4. The Labute approximate surface area is 161 Å². The third-order valence-corrected chi connectivity index (χ3v) is 5.80. The van der Waals surface area contributed by atoms with Gasteiger partial charge in [-0.1, -0.05) is 49.0 Å². The van der Waals surface area contributed by atoms with E-state index in [1.165, 1.54) is 22.2 Å². The number of hydrogen-bond acceptors (Lipinski definition) is 6. The number of rotatable bonds is 8. The Bertz CT molecular complexity index is 830. The van der Waals surface area contributed by atoms with E-state index >= 15 is 0 Å². The number of amides is 1. The molecule has 6 nitrogen and oxygen atoms in total. The number of nitrogens with zero attached hydrogens (tertiary/aromatic N) is 4. The first kappa shape index (κ1) is 18.6. The third-order valence-electron chi connectivity index (χ3n) is 3.98. The predicted octanol–water partition coefficient (Wildman–Crippen LogP) is 3.31. The number of benzene rings is 1. The highest BCUT2D eigenvalue weighted by atomic mass is 32.2. The van der Waals surface area contributed by atoms with Crippen molar-refractivity contribution in [2.24, 2.45) is 0 Å². The summed E-state index contributed by atoms with van der Waals surface area (Å²) >= 11 is 3.00. The average Bonchev–Trinajstić information content (AvgIpc) is 3.32. The fourth-order valence-corrected chi connectivity index (χ4v) is 3.86. The second-order valence-corrected chi connectivity index (χ2v) is 7.85. The first-order chi connectivity index (χ1) is 12.7. The molecule has 8 heteroatoms. The lowest BCUT2D eigenvalue weighted by Crippen LogP contribution is -2.28. The van der Waals surface area contributed by atoms with Crippen LogP contribution in [0.1, 0.15) is 35.9 Å². The van der Waals surface area contributed by atoms with Crippen molar-refractivity contribution in [1.29, 1.82) is 0 Å². The molecule has 0 aliphatic carbocycles.